The van der Waals surface area contributed by atoms with Crippen molar-refractivity contribution in [1.29, 1.82) is 5.26 Å². The maximum Gasteiger partial charge on any atom is 0.419 e. The Kier molecular flexibility index (Phi) is 11.7. The lowest BCUT2D eigenvalue weighted by molar-refractivity contribution is -0.138. The highest BCUT2D eigenvalue weighted by Gasteiger charge is 2.60. The van der Waals surface area contributed by atoms with Gasteiger partial charge in [-0.25, -0.2) is 4.98 Å². The number of ether oxygens (including phenoxy) is 1. The van der Waals surface area contributed by atoms with Crippen molar-refractivity contribution in [3.63, 3.8) is 0 Å². The predicted molar refractivity (Wildman–Crippen MR) is 224 cm³/mol. The largest absolute Gasteiger partial charge is 0.492 e. The molecule has 1 aromatic heterocycles. The van der Waals surface area contributed by atoms with Gasteiger partial charge in [0, 0.05) is 55.7 Å². The number of aromatic nitrogens is 1. The summed E-state index contributed by atoms with van der Waals surface area (Å²) in [5.41, 5.74) is -0.195. The molecular weight excluding hydrogens is 812 g/mol. The Hall–Kier alpha value is -5.64. The van der Waals surface area contributed by atoms with Crippen LogP contribution in [-0.4, -0.2) is 100 Å². The highest BCUT2D eigenvalue weighted by molar-refractivity contribution is 7.81. The van der Waals surface area contributed by atoms with Crippen molar-refractivity contribution in [2.75, 3.05) is 59.8 Å². The van der Waals surface area contributed by atoms with E-state index in [1.165, 1.54) is 6.07 Å². The minimum absolute atomic E-state index is 0.0652. The molecule has 3 aliphatic heterocycles. The molecule has 4 amide bonds. The average molecular weight is 858 g/mol. The van der Waals surface area contributed by atoms with Gasteiger partial charge >= 0.3 is 6.18 Å². The second-order valence-electron chi connectivity index (χ2n) is 16.3. The van der Waals surface area contributed by atoms with E-state index >= 15 is 0 Å². The first-order chi connectivity index (χ1) is 29.3. The summed E-state index contributed by atoms with van der Waals surface area (Å²) >= 11 is 5.84. The molecule has 1 unspecified atom stereocenters. The average Bonchev–Trinajstić information content (AvgIpc) is 4.03. The Balaban J connectivity index is 0.874. The van der Waals surface area contributed by atoms with Gasteiger partial charge in [0.05, 0.1) is 24.0 Å². The zero-order valence-corrected chi connectivity index (χ0v) is 34.4. The zero-order chi connectivity index (χ0) is 43.1. The molecule has 8 rings (SSSR count). The van der Waals surface area contributed by atoms with Crippen molar-refractivity contribution in [1.82, 2.24) is 20.1 Å². The number of halogens is 3. The third-order valence-corrected chi connectivity index (χ3v) is 12.7. The number of nitriles is 1. The molecule has 5 fully saturated rings. The molecule has 3 N–H and O–H groups in total. The summed E-state index contributed by atoms with van der Waals surface area (Å²) in [5.74, 6) is -0.175. The molecule has 5 aliphatic rings. The van der Waals surface area contributed by atoms with Gasteiger partial charge in [0.1, 0.15) is 30.0 Å². The van der Waals surface area contributed by atoms with E-state index in [0.29, 0.717) is 56.0 Å². The van der Waals surface area contributed by atoms with E-state index < -0.39 is 34.9 Å². The Bertz CT molecular complexity index is 2300. The maximum absolute atomic E-state index is 14.0. The lowest BCUT2D eigenvalue weighted by atomic mass is 9.75. The second kappa shape index (κ2) is 17.0. The van der Waals surface area contributed by atoms with E-state index in [2.05, 4.69) is 37.7 Å². The third-order valence-electron chi connectivity index (χ3n) is 12.3. The summed E-state index contributed by atoms with van der Waals surface area (Å²) in [6.07, 6.45) is 1.48. The van der Waals surface area contributed by atoms with E-state index in [0.717, 1.165) is 67.2 Å². The first-order valence-corrected chi connectivity index (χ1v) is 21.1. The number of hydrogen-bond acceptors (Lipinski definition) is 11. The minimum Gasteiger partial charge on any atom is -0.492 e. The number of hydrogen-bond donors (Lipinski definition) is 3. The molecule has 2 aromatic carbocycles. The molecular formula is C43H46F3N9O5S. The van der Waals surface area contributed by atoms with Crippen molar-refractivity contribution < 1.29 is 37.1 Å². The molecule has 0 bridgehead atoms. The molecule has 3 aromatic rings. The maximum atomic E-state index is 14.0. The lowest BCUT2D eigenvalue weighted by Gasteiger charge is -2.43. The highest BCUT2D eigenvalue weighted by Crippen LogP contribution is 2.51. The summed E-state index contributed by atoms with van der Waals surface area (Å²) < 4.78 is 48.0. The SMILES string of the molecule is CC[C@@H]1CN(CCOc2ccc(N3C(=S)N(c4cnc(C#N)c(C(F)(F)F)c4)C(=O)C34CCC4)cc2C2CC2)CCN1CC(=O)Nc1cccc(NC2CCC(=O)NC2=O)c1. The van der Waals surface area contributed by atoms with Gasteiger partial charge in [0.2, 0.25) is 17.7 Å². The first-order valence-electron chi connectivity index (χ1n) is 20.7. The summed E-state index contributed by atoms with van der Waals surface area (Å²) in [6, 6.07) is 14.8. The second-order valence-corrected chi connectivity index (χ2v) is 16.7. The Morgan fingerprint density at radius 3 is 2.54 bits per heavy atom. The monoisotopic (exact) mass is 857 g/mol. The number of rotatable bonds is 13. The van der Waals surface area contributed by atoms with Gasteiger partial charge in [-0.15, -0.1) is 0 Å². The smallest absolute Gasteiger partial charge is 0.419 e. The number of alkyl halides is 3. The van der Waals surface area contributed by atoms with Crippen LogP contribution >= 0.6 is 12.2 Å². The van der Waals surface area contributed by atoms with E-state index in [1.807, 2.05) is 24.3 Å². The molecule has 3 saturated heterocycles. The van der Waals surface area contributed by atoms with Crippen LogP contribution in [0.4, 0.5) is 35.9 Å². The molecule has 61 heavy (non-hydrogen) atoms. The number of piperidine rings is 1. The minimum atomic E-state index is -4.84. The van der Waals surface area contributed by atoms with Crippen molar-refractivity contribution in [3.05, 3.63) is 71.5 Å². The number of carbonyl (C=O) groups excluding carboxylic acids is 4. The first kappa shape index (κ1) is 42.1. The van der Waals surface area contributed by atoms with Gasteiger partial charge in [-0.3, -0.25) is 39.2 Å². The molecule has 2 atom stereocenters. The standard InChI is InChI=1S/C43H46F3N9O5S/c1-2-29-24-52(15-16-53(29)25-38(57)50-28-6-3-5-27(19-28)49-34-10-12-37(56)51-39(34)58)17-18-60-36-11-9-30(20-32(36)26-7-8-26)55-41(61)54(40(59)42(55)13-4-14-42)31-21-33(43(44,45)46)35(22-47)48-23-31/h3,5-6,9,11,19-21,23,26,29,34,49H,2,4,7-8,10,12-18,24-25H2,1H3,(H,50,57)(H,51,56,58)/t29-,34?/m1/s1. The number of nitrogens with one attached hydrogen (secondary N) is 3. The van der Waals surface area contributed by atoms with Crippen LogP contribution < -0.4 is 30.5 Å². The summed E-state index contributed by atoms with van der Waals surface area (Å²) in [5, 5.41) is 17.8. The third kappa shape index (κ3) is 8.64. The van der Waals surface area contributed by atoms with Crippen LogP contribution in [0.5, 0.6) is 5.75 Å². The Labute approximate surface area is 356 Å². The highest BCUT2D eigenvalue weighted by atomic mass is 32.1. The molecule has 2 saturated carbocycles. The van der Waals surface area contributed by atoms with Crippen molar-refractivity contribution >= 4 is 63.7 Å². The van der Waals surface area contributed by atoms with Crippen molar-refractivity contribution in [2.24, 2.45) is 0 Å². The number of pyridine rings is 1. The van der Waals surface area contributed by atoms with Crippen LogP contribution in [0.25, 0.3) is 0 Å². The van der Waals surface area contributed by atoms with Crippen LogP contribution in [0.1, 0.15) is 81.0 Å². The summed E-state index contributed by atoms with van der Waals surface area (Å²) in [6.45, 7) is 5.68. The van der Waals surface area contributed by atoms with Gasteiger partial charge in [-0.05, 0) is 111 Å². The Morgan fingerprint density at radius 1 is 1.07 bits per heavy atom. The molecule has 320 valence electrons. The van der Waals surface area contributed by atoms with E-state index in [1.54, 1.807) is 23.1 Å². The predicted octanol–water partition coefficient (Wildman–Crippen LogP) is 5.54. The van der Waals surface area contributed by atoms with Gasteiger partial charge in [-0.2, -0.15) is 18.4 Å². The van der Waals surface area contributed by atoms with Gasteiger partial charge < -0.3 is 20.3 Å². The number of nitrogens with zero attached hydrogens (tertiary/aromatic N) is 6. The zero-order valence-electron chi connectivity index (χ0n) is 33.6. The van der Waals surface area contributed by atoms with Crippen LogP contribution in [0, 0.1) is 11.3 Å². The molecule has 2 aliphatic carbocycles. The Morgan fingerprint density at radius 2 is 1.85 bits per heavy atom. The topological polar surface area (TPSA) is 163 Å². The van der Waals surface area contributed by atoms with Gasteiger partial charge in [0.25, 0.3) is 5.91 Å². The fourth-order valence-corrected chi connectivity index (χ4v) is 9.22. The number of carbonyl (C=O) groups is 4. The number of imide groups is 1. The lowest BCUT2D eigenvalue weighted by Crippen LogP contribution is -2.55. The number of thiocarbonyl (C=S) groups is 1. The van der Waals surface area contributed by atoms with Crippen LogP contribution in [-0.2, 0) is 25.4 Å². The number of amides is 4. The van der Waals surface area contributed by atoms with E-state index in [-0.39, 0.29) is 53.4 Å². The molecule has 0 radical (unpaired) electrons. The van der Waals surface area contributed by atoms with Crippen molar-refractivity contribution in [2.45, 2.75) is 88.0 Å². The van der Waals surface area contributed by atoms with Crippen LogP contribution in [0.15, 0.2) is 54.7 Å². The molecule has 14 nitrogen and oxygen atoms in total. The molecule has 18 heteroatoms. The van der Waals surface area contributed by atoms with E-state index in [9.17, 15) is 37.6 Å². The quantitative estimate of drug-likeness (QED) is 0.146. The van der Waals surface area contributed by atoms with Crippen LogP contribution in [0.2, 0.25) is 0 Å². The summed E-state index contributed by atoms with van der Waals surface area (Å²) in [7, 11) is 0. The fraction of sp³-hybridized carbons (Fsp3) is 0.465. The van der Waals surface area contributed by atoms with Gasteiger partial charge in [0.15, 0.2) is 10.8 Å². The fourth-order valence-electron chi connectivity index (χ4n) is 8.75. The molecule has 4 heterocycles. The number of benzene rings is 2. The van der Waals surface area contributed by atoms with Gasteiger partial charge in [-0.1, -0.05) is 13.0 Å². The normalized spacial score (nSPS) is 21.9. The number of piperazine rings is 1. The number of anilines is 4. The van der Waals surface area contributed by atoms with E-state index in [4.69, 9.17) is 17.0 Å². The molecule has 1 spiro atoms. The van der Waals surface area contributed by atoms with Crippen LogP contribution in [0.3, 0.4) is 0 Å². The van der Waals surface area contributed by atoms with Crippen molar-refractivity contribution in [3.8, 4) is 11.8 Å². The summed E-state index contributed by atoms with van der Waals surface area (Å²) in [4.78, 5) is 62.1.